The van der Waals surface area contributed by atoms with Crippen LogP contribution in [0.4, 0.5) is 5.69 Å². The fourth-order valence-corrected chi connectivity index (χ4v) is 5.25. The molecular weight excluding hydrogens is 360 g/mol. The lowest BCUT2D eigenvalue weighted by atomic mass is 9.75. The average Bonchev–Trinajstić information content (AvgIpc) is 3.31. The van der Waals surface area contributed by atoms with Crippen LogP contribution in [0.25, 0.3) is 21.3 Å². The molecule has 1 aliphatic rings. The molecule has 3 atom stereocenters. The largest absolute Gasteiger partial charge is 0.481 e. The summed E-state index contributed by atoms with van der Waals surface area (Å²) in [6, 6.07) is 3.83. The van der Waals surface area contributed by atoms with E-state index in [0.29, 0.717) is 12.1 Å². The molecule has 4 N–H and O–H groups in total. The minimum atomic E-state index is -0.691. The van der Waals surface area contributed by atoms with E-state index >= 15 is 0 Å². The molecule has 2 aromatic heterocycles. The third-order valence-electron chi connectivity index (χ3n) is 5.47. The second kappa shape index (κ2) is 7.15. The lowest BCUT2D eigenvalue weighted by Crippen LogP contribution is -2.25. The minimum absolute atomic E-state index is 0.0733. The van der Waals surface area contributed by atoms with Crippen LogP contribution in [0.1, 0.15) is 36.6 Å². The van der Waals surface area contributed by atoms with Crippen molar-refractivity contribution in [3.8, 4) is 10.4 Å². The highest BCUT2D eigenvalue weighted by molar-refractivity contribution is 7.15. The number of hydrogen-bond acceptors (Lipinski definition) is 5. The number of aromatic amines is 1. The highest BCUT2D eigenvalue weighted by Crippen LogP contribution is 2.42. The number of allylic oxidation sites excluding steroid dienone is 1. The van der Waals surface area contributed by atoms with E-state index in [1.807, 2.05) is 24.4 Å². The molecule has 6 nitrogen and oxygen atoms in total. The summed E-state index contributed by atoms with van der Waals surface area (Å²) < 4.78 is 0. The van der Waals surface area contributed by atoms with Crippen molar-refractivity contribution in [1.82, 2.24) is 15.2 Å². The molecule has 1 aliphatic carbocycles. The number of carboxylic acid groups (broad SMARTS) is 1. The van der Waals surface area contributed by atoms with Crippen LogP contribution in [0, 0.1) is 11.8 Å². The Labute approximate surface area is 161 Å². The summed E-state index contributed by atoms with van der Waals surface area (Å²) in [5.41, 5.74) is 8.66. The molecule has 2 heterocycles. The molecule has 4 rings (SSSR count). The number of hydrogen-bond donors (Lipinski definition) is 3. The fraction of sp³-hybridized carbons (Fsp3) is 0.350. The number of nitrogens with one attached hydrogen (secondary N) is 1. The van der Waals surface area contributed by atoms with Gasteiger partial charge >= 0.3 is 5.97 Å². The summed E-state index contributed by atoms with van der Waals surface area (Å²) >= 11 is 1.62. The predicted molar refractivity (Wildman–Crippen MR) is 108 cm³/mol. The topological polar surface area (TPSA) is 105 Å². The van der Waals surface area contributed by atoms with Gasteiger partial charge in [0.15, 0.2) is 0 Å². The van der Waals surface area contributed by atoms with E-state index in [2.05, 4.69) is 21.8 Å². The maximum absolute atomic E-state index is 11.4. The first-order chi connectivity index (χ1) is 13.1. The molecule has 140 valence electrons. The monoisotopic (exact) mass is 382 g/mol. The molecule has 1 aromatic carbocycles. The zero-order chi connectivity index (χ0) is 19.0. The molecule has 0 spiro atoms. The summed E-state index contributed by atoms with van der Waals surface area (Å²) in [4.78, 5) is 17.1. The Kier molecular flexibility index (Phi) is 4.70. The molecule has 0 aliphatic heterocycles. The van der Waals surface area contributed by atoms with Crippen LogP contribution in [0.2, 0.25) is 0 Å². The first kappa shape index (κ1) is 17.7. The number of anilines is 1. The Balaban J connectivity index is 1.65. The third kappa shape index (κ3) is 3.35. The van der Waals surface area contributed by atoms with Crippen LogP contribution in [0.3, 0.4) is 0 Å². The number of nitrogen functional groups attached to an aromatic ring is 1. The highest BCUT2D eigenvalue weighted by Gasteiger charge is 2.32. The quantitative estimate of drug-likeness (QED) is 0.447. The van der Waals surface area contributed by atoms with E-state index < -0.39 is 5.97 Å². The van der Waals surface area contributed by atoms with Crippen LogP contribution >= 0.6 is 11.3 Å². The first-order valence-electron chi connectivity index (χ1n) is 9.11. The van der Waals surface area contributed by atoms with E-state index in [1.54, 1.807) is 17.5 Å². The van der Waals surface area contributed by atoms with Gasteiger partial charge in [-0.3, -0.25) is 9.89 Å². The van der Waals surface area contributed by atoms with Crippen molar-refractivity contribution in [2.75, 3.05) is 5.73 Å². The van der Waals surface area contributed by atoms with Crippen molar-refractivity contribution in [2.45, 2.75) is 31.6 Å². The smallest absolute Gasteiger partial charge is 0.306 e. The normalized spacial score (nSPS) is 21.2. The Hall–Kier alpha value is -2.67. The van der Waals surface area contributed by atoms with Crippen LogP contribution < -0.4 is 5.73 Å². The molecule has 0 amide bonds. The van der Waals surface area contributed by atoms with Crippen molar-refractivity contribution < 1.29 is 9.90 Å². The SMILES string of the molecule is C=C[C@H](c1ncc(-c2cc(N)cc3cn[nH]c23)s1)C1CCC[C@@H](C(=O)O)C1. The van der Waals surface area contributed by atoms with Crippen LogP contribution in [0.5, 0.6) is 0 Å². The molecule has 1 fully saturated rings. The Morgan fingerprint density at radius 3 is 3.04 bits per heavy atom. The van der Waals surface area contributed by atoms with Crippen molar-refractivity contribution in [1.29, 1.82) is 0 Å². The van der Waals surface area contributed by atoms with E-state index in [9.17, 15) is 9.90 Å². The second-order valence-corrected chi connectivity index (χ2v) is 8.25. The van der Waals surface area contributed by atoms with Crippen molar-refractivity contribution in [2.24, 2.45) is 11.8 Å². The van der Waals surface area contributed by atoms with E-state index in [0.717, 1.165) is 45.6 Å². The number of fused-ring (bicyclic) bond motifs is 1. The molecule has 1 saturated carbocycles. The number of carbonyl (C=O) groups is 1. The Bertz CT molecular complexity index is 993. The van der Waals surface area contributed by atoms with Crippen molar-refractivity contribution >= 4 is 33.9 Å². The lowest BCUT2D eigenvalue weighted by molar-refractivity contribution is -0.143. The van der Waals surface area contributed by atoms with E-state index in [1.165, 1.54) is 0 Å². The maximum Gasteiger partial charge on any atom is 0.306 e. The summed E-state index contributed by atoms with van der Waals surface area (Å²) in [6.45, 7) is 4.00. The number of H-pyrrole nitrogens is 1. The van der Waals surface area contributed by atoms with Gasteiger partial charge in [-0.1, -0.05) is 12.5 Å². The van der Waals surface area contributed by atoms with Gasteiger partial charge < -0.3 is 10.8 Å². The van der Waals surface area contributed by atoms with Gasteiger partial charge in [0.05, 0.1) is 22.5 Å². The van der Waals surface area contributed by atoms with Gasteiger partial charge in [0.25, 0.3) is 0 Å². The summed E-state index contributed by atoms with van der Waals surface area (Å²) in [5, 5.41) is 18.5. The lowest BCUT2D eigenvalue weighted by Gasteiger charge is -2.30. The number of aromatic nitrogens is 3. The molecule has 1 unspecified atom stereocenters. The second-order valence-electron chi connectivity index (χ2n) is 7.19. The van der Waals surface area contributed by atoms with Gasteiger partial charge in [-0.25, -0.2) is 4.98 Å². The molecule has 7 heteroatoms. The number of aliphatic carboxylic acids is 1. The highest BCUT2D eigenvalue weighted by atomic mass is 32.1. The number of nitrogens with zero attached hydrogens (tertiary/aromatic N) is 2. The third-order valence-corrected chi connectivity index (χ3v) is 6.60. The number of nitrogens with two attached hydrogens (primary N) is 1. The predicted octanol–water partition coefficient (Wildman–Crippen LogP) is 4.43. The van der Waals surface area contributed by atoms with Gasteiger partial charge in [0, 0.05) is 28.8 Å². The molecule has 27 heavy (non-hydrogen) atoms. The first-order valence-corrected chi connectivity index (χ1v) is 9.92. The van der Waals surface area contributed by atoms with Gasteiger partial charge in [-0.15, -0.1) is 17.9 Å². The standard InChI is InChI=1S/C20H22N4O2S/c1-2-15(11-4-3-5-12(6-11)20(25)26)19-22-10-17(27-19)16-8-14(21)7-13-9-23-24-18(13)16/h2,7-12,15H,1,3-6,21H2,(H,23,24)(H,25,26)/t11?,12-,15+/m1/s1. The summed E-state index contributed by atoms with van der Waals surface area (Å²) in [6.07, 6.45) is 8.94. The zero-order valence-electron chi connectivity index (χ0n) is 14.9. The molecule has 3 aromatic rings. The van der Waals surface area contributed by atoms with Crippen molar-refractivity contribution in [3.63, 3.8) is 0 Å². The summed E-state index contributed by atoms with van der Waals surface area (Å²) in [5.74, 6) is -0.610. The van der Waals surface area contributed by atoms with Crippen LogP contribution in [0.15, 0.2) is 37.2 Å². The number of benzene rings is 1. The van der Waals surface area contributed by atoms with Gasteiger partial charge in [0.2, 0.25) is 0 Å². The minimum Gasteiger partial charge on any atom is -0.481 e. The summed E-state index contributed by atoms with van der Waals surface area (Å²) in [7, 11) is 0. The Morgan fingerprint density at radius 1 is 1.41 bits per heavy atom. The van der Waals surface area contributed by atoms with Crippen molar-refractivity contribution in [3.05, 3.63) is 42.2 Å². The van der Waals surface area contributed by atoms with Crippen LogP contribution in [-0.4, -0.2) is 26.3 Å². The number of carboxylic acids is 1. The Morgan fingerprint density at radius 2 is 2.26 bits per heavy atom. The van der Waals surface area contributed by atoms with E-state index in [4.69, 9.17) is 5.73 Å². The molecule has 0 saturated heterocycles. The average molecular weight is 382 g/mol. The fourth-order valence-electron chi connectivity index (χ4n) is 4.11. The van der Waals surface area contributed by atoms with Gasteiger partial charge in [-0.2, -0.15) is 5.10 Å². The van der Waals surface area contributed by atoms with E-state index in [-0.39, 0.29) is 17.8 Å². The molecule has 0 radical (unpaired) electrons. The molecule has 0 bridgehead atoms. The van der Waals surface area contributed by atoms with Crippen LogP contribution in [-0.2, 0) is 4.79 Å². The van der Waals surface area contributed by atoms with Gasteiger partial charge in [0.1, 0.15) is 5.01 Å². The molecular formula is C20H22N4O2S. The number of rotatable bonds is 5. The zero-order valence-corrected chi connectivity index (χ0v) is 15.7. The maximum atomic E-state index is 11.4. The van der Waals surface area contributed by atoms with Gasteiger partial charge in [-0.05, 0) is 37.3 Å². The number of thiazole rings is 1.